The molecule has 1 aromatic carbocycles. The highest BCUT2D eigenvalue weighted by Crippen LogP contribution is 2.20. The van der Waals surface area contributed by atoms with E-state index in [1.807, 2.05) is 30.0 Å². The smallest absolute Gasteiger partial charge is 0.225 e. The van der Waals surface area contributed by atoms with Crippen molar-refractivity contribution >= 4 is 5.91 Å². The lowest BCUT2D eigenvalue weighted by Gasteiger charge is -2.31. The number of hydrogen-bond donors (Lipinski definition) is 1. The molecule has 1 fully saturated rings. The van der Waals surface area contributed by atoms with Crippen LogP contribution in [0.3, 0.4) is 0 Å². The molecule has 0 bridgehead atoms. The van der Waals surface area contributed by atoms with Crippen LogP contribution in [-0.4, -0.2) is 17.4 Å². The molecule has 1 aliphatic rings. The number of hydrogen-bond acceptors (Lipinski definition) is 2. The molecule has 2 rings (SSSR count). The van der Waals surface area contributed by atoms with Crippen molar-refractivity contribution in [2.24, 2.45) is 11.7 Å². The van der Waals surface area contributed by atoms with Crippen LogP contribution >= 0.6 is 0 Å². The maximum atomic E-state index is 12.0. The molecule has 2 N–H and O–H groups in total. The van der Waals surface area contributed by atoms with Crippen molar-refractivity contribution in [2.45, 2.75) is 32.9 Å². The summed E-state index contributed by atoms with van der Waals surface area (Å²) in [5, 5.41) is 0. The van der Waals surface area contributed by atoms with E-state index in [4.69, 9.17) is 5.73 Å². The molecular weight excluding hydrogens is 212 g/mol. The van der Waals surface area contributed by atoms with E-state index in [1.54, 1.807) is 0 Å². The number of carbonyl (C=O) groups excluding carboxylic acids is 1. The summed E-state index contributed by atoms with van der Waals surface area (Å²) in [5.41, 5.74) is 8.03. The number of nitrogens with two attached hydrogens (primary N) is 1. The zero-order valence-corrected chi connectivity index (χ0v) is 10.4. The van der Waals surface area contributed by atoms with Gasteiger partial charge in [-0.15, -0.1) is 0 Å². The molecule has 0 spiro atoms. The van der Waals surface area contributed by atoms with Gasteiger partial charge in [-0.1, -0.05) is 31.2 Å². The van der Waals surface area contributed by atoms with Crippen LogP contribution in [-0.2, 0) is 17.9 Å². The Kier molecular flexibility index (Phi) is 3.79. The summed E-state index contributed by atoms with van der Waals surface area (Å²) in [7, 11) is 0. The first kappa shape index (κ1) is 12.1. The normalized spacial score (nSPS) is 20.7. The third kappa shape index (κ3) is 2.67. The average Bonchev–Trinajstić information content (AvgIpc) is 2.35. The summed E-state index contributed by atoms with van der Waals surface area (Å²) in [6, 6.07) is 8.10. The molecule has 0 aliphatic carbocycles. The lowest BCUT2D eigenvalue weighted by Crippen LogP contribution is -2.39. The van der Waals surface area contributed by atoms with Crippen LogP contribution < -0.4 is 5.73 Å². The molecule has 3 nitrogen and oxygen atoms in total. The van der Waals surface area contributed by atoms with E-state index in [1.165, 1.54) is 5.56 Å². The number of amides is 1. The molecule has 0 saturated carbocycles. The monoisotopic (exact) mass is 232 g/mol. The number of rotatable bonds is 3. The summed E-state index contributed by atoms with van der Waals surface area (Å²) in [4.78, 5) is 14.0. The minimum atomic E-state index is 0.175. The second-order valence-corrected chi connectivity index (χ2v) is 4.78. The van der Waals surface area contributed by atoms with E-state index in [0.29, 0.717) is 13.1 Å². The molecule has 3 heteroatoms. The first-order chi connectivity index (χ1) is 8.22. The van der Waals surface area contributed by atoms with Gasteiger partial charge in [0, 0.05) is 25.6 Å². The van der Waals surface area contributed by atoms with Gasteiger partial charge in [0.25, 0.3) is 0 Å². The Balaban J connectivity index is 2.12. The molecule has 1 aromatic rings. The molecule has 1 unspecified atom stereocenters. The molecular formula is C14H20N2O. The van der Waals surface area contributed by atoms with Crippen molar-refractivity contribution in [1.29, 1.82) is 0 Å². The van der Waals surface area contributed by atoms with E-state index in [2.05, 4.69) is 6.07 Å². The Morgan fingerprint density at radius 3 is 2.76 bits per heavy atom. The third-order valence-corrected chi connectivity index (χ3v) is 3.50. The van der Waals surface area contributed by atoms with Crippen LogP contribution in [0.4, 0.5) is 0 Å². The van der Waals surface area contributed by atoms with Crippen molar-refractivity contribution in [3.05, 3.63) is 35.4 Å². The SMILES string of the molecule is CC1CCCN(Cc2ccccc2CN)C1=O. The van der Waals surface area contributed by atoms with Crippen molar-refractivity contribution in [2.75, 3.05) is 6.54 Å². The van der Waals surface area contributed by atoms with Crippen LogP contribution in [0.25, 0.3) is 0 Å². The van der Waals surface area contributed by atoms with Gasteiger partial charge in [0.15, 0.2) is 0 Å². The molecule has 0 aromatic heterocycles. The first-order valence-corrected chi connectivity index (χ1v) is 6.28. The van der Waals surface area contributed by atoms with Gasteiger partial charge in [0.1, 0.15) is 0 Å². The molecule has 17 heavy (non-hydrogen) atoms. The Hall–Kier alpha value is -1.35. The first-order valence-electron chi connectivity index (χ1n) is 6.28. The van der Waals surface area contributed by atoms with E-state index in [-0.39, 0.29) is 11.8 Å². The van der Waals surface area contributed by atoms with Gasteiger partial charge in [-0.2, -0.15) is 0 Å². The number of likely N-dealkylation sites (tertiary alicyclic amines) is 1. The van der Waals surface area contributed by atoms with Crippen molar-refractivity contribution in [3.8, 4) is 0 Å². The summed E-state index contributed by atoms with van der Waals surface area (Å²) < 4.78 is 0. The molecule has 1 amide bonds. The predicted molar refractivity (Wildman–Crippen MR) is 68.1 cm³/mol. The quantitative estimate of drug-likeness (QED) is 0.865. The second kappa shape index (κ2) is 5.32. The fraction of sp³-hybridized carbons (Fsp3) is 0.500. The van der Waals surface area contributed by atoms with Gasteiger partial charge in [0.05, 0.1) is 0 Å². The topological polar surface area (TPSA) is 46.3 Å². The summed E-state index contributed by atoms with van der Waals surface area (Å²) in [5.74, 6) is 0.455. The van der Waals surface area contributed by atoms with Crippen LogP contribution in [0, 0.1) is 5.92 Å². The number of benzene rings is 1. The van der Waals surface area contributed by atoms with Crippen molar-refractivity contribution in [1.82, 2.24) is 4.90 Å². The number of nitrogens with zero attached hydrogens (tertiary/aromatic N) is 1. The minimum Gasteiger partial charge on any atom is -0.338 e. The fourth-order valence-electron chi connectivity index (χ4n) is 2.41. The van der Waals surface area contributed by atoms with Gasteiger partial charge in [-0.25, -0.2) is 0 Å². The van der Waals surface area contributed by atoms with Crippen LogP contribution in [0.1, 0.15) is 30.9 Å². The van der Waals surface area contributed by atoms with Gasteiger partial charge in [-0.3, -0.25) is 4.79 Å². The maximum Gasteiger partial charge on any atom is 0.225 e. The van der Waals surface area contributed by atoms with Gasteiger partial charge >= 0.3 is 0 Å². The highest BCUT2D eigenvalue weighted by molar-refractivity contribution is 5.79. The Bertz CT molecular complexity index is 403. The molecule has 1 heterocycles. The van der Waals surface area contributed by atoms with E-state index in [0.717, 1.165) is 24.9 Å². The Morgan fingerprint density at radius 1 is 1.35 bits per heavy atom. The third-order valence-electron chi connectivity index (χ3n) is 3.50. The molecule has 1 saturated heterocycles. The Labute approximate surface area is 103 Å². The van der Waals surface area contributed by atoms with Crippen molar-refractivity contribution in [3.63, 3.8) is 0 Å². The zero-order valence-electron chi connectivity index (χ0n) is 10.4. The maximum absolute atomic E-state index is 12.0. The number of carbonyl (C=O) groups is 1. The van der Waals surface area contributed by atoms with Gasteiger partial charge in [-0.05, 0) is 24.0 Å². The number of piperidine rings is 1. The highest BCUT2D eigenvalue weighted by Gasteiger charge is 2.25. The second-order valence-electron chi connectivity index (χ2n) is 4.78. The molecule has 92 valence electrons. The largest absolute Gasteiger partial charge is 0.338 e. The van der Waals surface area contributed by atoms with E-state index < -0.39 is 0 Å². The van der Waals surface area contributed by atoms with Crippen LogP contribution in [0.15, 0.2) is 24.3 Å². The summed E-state index contributed by atoms with van der Waals surface area (Å²) in [6.07, 6.45) is 2.13. The van der Waals surface area contributed by atoms with Gasteiger partial charge in [0.2, 0.25) is 5.91 Å². The average molecular weight is 232 g/mol. The van der Waals surface area contributed by atoms with Crippen LogP contribution in [0.2, 0.25) is 0 Å². The standard InChI is InChI=1S/C14H20N2O/c1-11-5-4-8-16(14(11)17)10-13-7-3-2-6-12(13)9-15/h2-3,6-7,11H,4-5,8-10,15H2,1H3. The zero-order chi connectivity index (χ0) is 12.3. The van der Waals surface area contributed by atoms with E-state index >= 15 is 0 Å². The van der Waals surface area contributed by atoms with Crippen molar-refractivity contribution < 1.29 is 4.79 Å². The van der Waals surface area contributed by atoms with E-state index in [9.17, 15) is 4.79 Å². The predicted octanol–water partition coefficient (Wildman–Crippen LogP) is 1.90. The summed E-state index contributed by atoms with van der Waals surface area (Å²) in [6.45, 7) is 4.13. The molecule has 0 radical (unpaired) electrons. The Morgan fingerprint density at radius 2 is 2.06 bits per heavy atom. The lowest BCUT2D eigenvalue weighted by atomic mass is 9.98. The lowest BCUT2D eigenvalue weighted by molar-refractivity contribution is -0.138. The van der Waals surface area contributed by atoms with Crippen LogP contribution in [0.5, 0.6) is 0 Å². The van der Waals surface area contributed by atoms with Gasteiger partial charge < -0.3 is 10.6 Å². The fourth-order valence-corrected chi connectivity index (χ4v) is 2.41. The minimum absolute atomic E-state index is 0.175. The molecule has 1 aliphatic heterocycles. The molecule has 1 atom stereocenters. The highest BCUT2D eigenvalue weighted by atomic mass is 16.2. The summed E-state index contributed by atoms with van der Waals surface area (Å²) >= 11 is 0.